The highest BCUT2D eigenvalue weighted by molar-refractivity contribution is 5.63. The number of piperidine rings is 1. The van der Waals surface area contributed by atoms with Crippen LogP contribution in [0.2, 0.25) is 0 Å². The van der Waals surface area contributed by atoms with Crippen LogP contribution in [0, 0.1) is 16.7 Å². The minimum Gasteiger partial charge on any atom is -0.493 e. The van der Waals surface area contributed by atoms with Gasteiger partial charge in [0.05, 0.1) is 12.7 Å². The summed E-state index contributed by atoms with van der Waals surface area (Å²) in [5.41, 5.74) is 1.17. The molecule has 4 aliphatic carbocycles. The topological polar surface area (TPSA) is 51.2 Å². The maximum Gasteiger partial charge on any atom is 0.165 e. The van der Waals surface area contributed by atoms with Crippen LogP contribution in [0.4, 0.5) is 0 Å². The van der Waals surface area contributed by atoms with Gasteiger partial charge < -0.3 is 24.2 Å². The van der Waals surface area contributed by atoms with E-state index in [1.165, 1.54) is 11.1 Å². The molecular formula is C27H39NO4. The van der Waals surface area contributed by atoms with E-state index < -0.39 is 11.2 Å². The van der Waals surface area contributed by atoms with E-state index in [0.717, 1.165) is 50.1 Å². The fraction of sp³-hybridized carbons (Fsp3) is 0.778. The van der Waals surface area contributed by atoms with E-state index in [1.807, 2.05) is 14.0 Å². The van der Waals surface area contributed by atoms with E-state index in [-0.39, 0.29) is 28.3 Å². The number of likely N-dealkylation sites (tertiary alicyclic amines) is 1. The Bertz CT molecular complexity index is 983. The molecule has 4 fully saturated rings. The van der Waals surface area contributed by atoms with E-state index in [1.54, 1.807) is 7.11 Å². The van der Waals surface area contributed by atoms with Crippen LogP contribution in [0.5, 0.6) is 11.5 Å². The molecule has 1 N–H and O–H groups in total. The number of ether oxygens (including phenoxy) is 3. The molecule has 176 valence electrons. The lowest BCUT2D eigenvalue weighted by atomic mass is 9.33. The van der Waals surface area contributed by atoms with Gasteiger partial charge in [-0.1, -0.05) is 26.8 Å². The number of methoxy groups -OCH3 is 2. The van der Waals surface area contributed by atoms with Crippen molar-refractivity contribution in [2.75, 3.05) is 27.8 Å². The predicted octanol–water partition coefficient (Wildman–Crippen LogP) is 3.94. The standard InChI is InChI=1S/C27H39NO4/c1-23(2,3)24(4,29)18-15-25-10-11-27(18,31-7)22-26(25)12-13-28(5)19(25)14-16-8-9-17(30-6)21(32-22)20(16)26/h8-9,18-19,22,29H,10-15H2,1-7H3/t18?,19-,22-,24+,25-,26+,27-/m1/s1. The highest BCUT2D eigenvalue weighted by atomic mass is 16.6. The molecule has 0 aromatic heterocycles. The van der Waals surface area contributed by atoms with Crippen LogP contribution in [-0.4, -0.2) is 61.2 Å². The van der Waals surface area contributed by atoms with Gasteiger partial charge >= 0.3 is 0 Å². The van der Waals surface area contributed by atoms with Gasteiger partial charge in [-0.3, -0.25) is 0 Å². The lowest BCUT2D eigenvalue weighted by Crippen LogP contribution is -2.83. The van der Waals surface area contributed by atoms with Crippen molar-refractivity contribution in [2.24, 2.45) is 16.7 Å². The number of likely N-dealkylation sites (N-methyl/N-ethyl adjacent to an activating group) is 1. The first kappa shape index (κ1) is 21.2. The van der Waals surface area contributed by atoms with Crippen molar-refractivity contribution in [1.29, 1.82) is 0 Å². The summed E-state index contributed by atoms with van der Waals surface area (Å²) in [6, 6.07) is 4.82. The van der Waals surface area contributed by atoms with Crippen LogP contribution in [0.25, 0.3) is 0 Å². The van der Waals surface area contributed by atoms with Crippen molar-refractivity contribution in [3.05, 3.63) is 23.3 Å². The van der Waals surface area contributed by atoms with Crippen molar-refractivity contribution in [3.63, 3.8) is 0 Å². The molecule has 7 atom stereocenters. The lowest BCUT2D eigenvalue weighted by Gasteiger charge is -2.75. The third kappa shape index (κ3) is 2.01. The summed E-state index contributed by atoms with van der Waals surface area (Å²) in [6.07, 6.45) is 5.07. The predicted molar refractivity (Wildman–Crippen MR) is 123 cm³/mol. The zero-order valence-corrected chi connectivity index (χ0v) is 20.7. The first-order valence-corrected chi connectivity index (χ1v) is 12.3. The molecule has 2 spiro atoms. The largest absolute Gasteiger partial charge is 0.493 e. The Kier molecular flexibility index (Phi) is 4.00. The number of benzene rings is 1. The Morgan fingerprint density at radius 3 is 2.53 bits per heavy atom. The Balaban J connectivity index is 1.65. The van der Waals surface area contributed by atoms with Crippen molar-refractivity contribution in [3.8, 4) is 11.5 Å². The fourth-order valence-electron chi connectivity index (χ4n) is 9.01. The van der Waals surface area contributed by atoms with E-state index >= 15 is 0 Å². The van der Waals surface area contributed by atoms with Crippen molar-refractivity contribution in [1.82, 2.24) is 4.90 Å². The second-order valence-corrected chi connectivity index (χ2v) is 12.5. The van der Waals surface area contributed by atoms with Gasteiger partial charge in [-0.25, -0.2) is 0 Å². The molecule has 0 radical (unpaired) electrons. The average Bonchev–Trinajstić information content (AvgIpc) is 3.12. The molecular weight excluding hydrogens is 402 g/mol. The average molecular weight is 442 g/mol. The number of aliphatic hydroxyl groups is 1. The monoisotopic (exact) mass is 441 g/mol. The van der Waals surface area contributed by atoms with Crippen molar-refractivity contribution >= 4 is 0 Å². The molecule has 0 amide bonds. The van der Waals surface area contributed by atoms with Crippen LogP contribution in [0.1, 0.15) is 64.5 Å². The Morgan fingerprint density at radius 1 is 1.12 bits per heavy atom. The second-order valence-electron chi connectivity index (χ2n) is 12.5. The van der Waals surface area contributed by atoms with Gasteiger partial charge in [0.1, 0.15) is 11.7 Å². The lowest BCUT2D eigenvalue weighted by molar-refractivity contribution is -0.311. The highest BCUT2D eigenvalue weighted by Gasteiger charge is 2.82. The van der Waals surface area contributed by atoms with Gasteiger partial charge in [0, 0.05) is 35.5 Å². The van der Waals surface area contributed by atoms with Gasteiger partial charge in [0.15, 0.2) is 11.5 Å². The smallest absolute Gasteiger partial charge is 0.165 e. The van der Waals surface area contributed by atoms with Gasteiger partial charge in [-0.15, -0.1) is 0 Å². The molecule has 1 saturated heterocycles. The fourth-order valence-corrected chi connectivity index (χ4v) is 9.01. The summed E-state index contributed by atoms with van der Waals surface area (Å²) in [6.45, 7) is 9.59. The third-order valence-electron chi connectivity index (χ3n) is 11.0. The minimum absolute atomic E-state index is 0.00253. The van der Waals surface area contributed by atoms with Crippen LogP contribution in [-0.2, 0) is 16.6 Å². The molecule has 1 unspecified atom stereocenters. The Labute approximate surface area is 192 Å². The number of hydrogen-bond donors (Lipinski definition) is 1. The van der Waals surface area contributed by atoms with Gasteiger partial charge in [-0.05, 0) is 69.7 Å². The van der Waals surface area contributed by atoms with Crippen molar-refractivity contribution < 1.29 is 19.3 Å². The second kappa shape index (κ2) is 6.03. The van der Waals surface area contributed by atoms with E-state index in [9.17, 15) is 5.11 Å². The summed E-state index contributed by atoms with van der Waals surface area (Å²) in [5.74, 6) is 1.79. The molecule has 32 heavy (non-hydrogen) atoms. The zero-order valence-electron chi connectivity index (χ0n) is 20.7. The number of nitrogens with zero attached hydrogens (tertiary/aromatic N) is 1. The van der Waals surface area contributed by atoms with Gasteiger partial charge in [0.25, 0.3) is 0 Å². The Hall–Kier alpha value is -1.30. The molecule has 5 nitrogen and oxygen atoms in total. The number of hydrogen-bond acceptors (Lipinski definition) is 5. The normalized spacial score (nSPS) is 43.4. The highest BCUT2D eigenvalue weighted by Crippen LogP contribution is 2.77. The van der Waals surface area contributed by atoms with E-state index in [0.29, 0.717) is 6.04 Å². The number of rotatable bonds is 3. The summed E-state index contributed by atoms with van der Waals surface area (Å²) in [4.78, 5) is 2.60. The molecule has 5 heteroatoms. The Morgan fingerprint density at radius 2 is 1.88 bits per heavy atom. The summed E-state index contributed by atoms with van der Waals surface area (Å²) in [5, 5.41) is 12.1. The molecule has 7 rings (SSSR count). The molecule has 2 heterocycles. The van der Waals surface area contributed by atoms with Crippen LogP contribution >= 0.6 is 0 Å². The van der Waals surface area contributed by atoms with E-state index in [2.05, 4.69) is 44.9 Å². The van der Waals surface area contributed by atoms with Crippen molar-refractivity contribution in [2.45, 2.75) is 88.6 Å². The van der Waals surface area contributed by atoms with Crippen LogP contribution in [0.15, 0.2) is 12.1 Å². The first-order valence-electron chi connectivity index (χ1n) is 12.3. The molecule has 1 aromatic rings. The van der Waals surface area contributed by atoms with E-state index in [4.69, 9.17) is 14.2 Å². The molecule has 3 saturated carbocycles. The molecule has 6 aliphatic rings. The summed E-state index contributed by atoms with van der Waals surface area (Å²) >= 11 is 0. The number of fused-ring (bicyclic) bond motifs is 2. The first-order chi connectivity index (χ1) is 15.0. The third-order valence-corrected chi connectivity index (χ3v) is 11.0. The summed E-state index contributed by atoms with van der Waals surface area (Å²) in [7, 11) is 5.89. The zero-order chi connectivity index (χ0) is 22.9. The van der Waals surface area contributed by atoms with Gasteiger partial charge in [0.2, 0.25) is 0 Å². The maximum atomic E-state index is 12.1. The molecule has 2 aliphatic heterocycles. The van der Waals surface area contributed by atoms with Crippen LogP contribution in [0.3, 0.4) is 0 Å². The maximum absolute atomic E-state index is 12.1. The molecule has 1 aromatic carbocycles. The van der Waals surface area contributed by atoms with Gasteiger partial charge in [-0.2, -0.15) is 0 Å². The molecule has 4 bridgehead atoms. The SMILES string of the molecule is COc1ccc2c3c1O[C@@H]1[C@]34CCN(C)[C@H](C2)[C@]42CC[C@@]1(OC)C([C@](C)(O)C(C)(C)C)C2. The quantitative estimate of drug-likeness (QED) is 0.770. The summed E-state index contributed by atoms with van der Waals surface area (Å²) < 4.78 is 19.4. The van der Waals surface area contributed by atoms with Crippen LogP contribution < -0.4 is 9.47 Å². The minimum atomic E-state index is -0.882.